The summed E-state index contributed by atoms with van der Waals surface area (Å²) in [5.41, 5.74) is 2.45. The van der Waals surface area contributed by atoms with E-state index in [0.717, 1.165) is 12.0 Å². The third-order valence-corrected chi connectivity index (χ3v) is 3.01. The molecule has 0 radical (unpaired) electrons. The summed E-state index contributed by atoms with van der Waals surface area (Å²) >= 11 is 0. The summed E-state index contributed by atoms with van der Waals surface area (Å²) in [5.74, 6) is -0.639. The predicted octanol–water partition coefficient (Wildman–Crippen LogP) is 1.13. The van der Waals surface area contributed by atoms with Gasteiger partial charge in [0.25, 0.3) is 0 Å². The fourth-order valence-corrected chi connectivity index (χ4v) is 2.02. The normalized spacial score (nSPS) is 14.1. The Balaban J connectivity index is 2.02. The van der Waals surface area contributed by atoms with Crippen molar-refractivity contribution in [1.82, 2.24) is 4.90 Å². The second-order valence-corrected chi connectivity index (χ2v) is 4.09. The van der Waals surface area contributed by atoms with Crippen LogP contribution in [0.25, 0.3) is 0 Å². The Hall–Kier alpha value is -1.84. The zero-order valence-corrected chi connectivity index (χ0v) is 9.81. The van der Waals surface area contributed by atoms with E-state index in [1.165, 1.54) is 12.7 Å². The summed E-state index contributed by atoms with van der Waals surface area (Å²) in [7, 11) is 1.29. The van der Waals surface area contributed by atoms with Crippen LogP contribution < -0.4 is 0 Å². The van der Waals surface area contributed by atoms with Crippen LogP contribution in [-0.4, -0.2) is 30.4 Å². The monoisotopic (exact) mass is 233 g/mol. The highest BCUT2D eigenvalue weighted by atomic mass is 16.5. The van der Waals surface area contributed by atoms with Crippen LogP contribution in [0, 0.1) is 0 Å². The first kappa shape index (κ1) is 11.6. The van der Waals surface area contributed by atoms with E-state index in [1.807, 2.05) is 18.2 Å². The Labute approximate surface area is 100 Å². The molecule has 90 valence electrons. The molecule has 0 N–H and O–H groups in total. The lowest BCUT2D eigenvalue weighted by molar-refractivity contribution is -0.147. The summed E-state index contributed by atoms with van der Waals surface area (Å²) < 4.78 is 4.49. The topological polar surface area (TPSA) is 46.6 Å². The summed E-state index contributed by atoms with van der Waals surface area (Å²) in [6, 6.07) is 8.07. The molecule has 1 aromatic carbocycles. The first-order chi connectivity index (χ1) is 8.20. The van der Waals surface area contributed by atoms with Gasteiger partial charge in [-0.1, -0.05) is 24.3 Å². The molecule has 0 atom stereocenters. The van der Waals surface area contributed by atoms with Crippen molar-refractivity contribution < 1.29 is 14.3 Å². The average Bonchev–Trinajstić information content (AvgIpc) is 2.38. The van der Waals surface area contributed by atoms with Crippen LogP contribution in [0.5, 0.6) is 0 Å². The number of carbonyl (C=O) groups is 2. The number of ether oxygens (including phenoxy) is 1. The van der Waals surface area contributed by atoms with Gasteiger partial charge in [-0.2, -0.15) is 0 Å². The number of hydrogen-bond acceptors (Lipinski definition) is 3. The third-order valence-electron chi connectivity index (χ3n) is 3.01. The maximum absolute atomic E-state index is 11.8. The van der Waals surface area contributed by atoms with Crippen molar-refractivity contribution in [3.63, 3.8) is 0 Å². The van der Waals surface area contributed by atoms with Crippen LogP contribution in [-0.2, 0) is 27.3 Å². The van der Waals surface area contributed by atoms with Gasteiger partial charge < -0.3 is 9.64 Å². The van der Waals surface area contributed by atoms with Gasteiger partial charge in [-0.3, -0.25) is 9.59 Å². The van der Waals surface area contributed by atoms with Crippen molar-refractivity contribution in [3.8, 4) is 0 Å². The van der Waals surface area contributed by atoms with E-state index in [4.69, 9.17) is 0 Å². The molecule has 2 rings (SSSR count). The Morgan fingerprint density at radius 2 is 2.00 bits per heavy atom. The quantitative estimate of drug-likeness (QED) is 0.568. The number of carbonyl (C=O) groups excluding carboxylic acids is 2. The molecule has 0 spiro atoms. The van der Waals surface area contributed by atoms with Gasteiger partial charge in [-0.25, -0.2) is 0 Å². The van der Waals surface area contributed by atoms with Crippen molar-refractivity contribution in [3.05, 3.63) is 35.4 Å². The van der Waals surface area contributed by atoms with Gasteiger partial charge >= 0.3 is 5.97 Å². The smallest absolute Gasteiger partial charge is 0.315 e. The molecule has 0 aromatic heterocycles. The molecule has 0 saturated carbocycles. The van der Waals surface area contributed by atoms with E-state index >= 15 is 0 Å². The first-order valence-corrected chi connectivity index (χ1v) is 5.62. The summed E-state index contributed by atoms with van der Waals surface area (Å²) in [5, 5.41) is 0. The third kappa shape index (κ3) is 2.64. The number of fused-ring (bicyclic) bond motifs is 1. The molecule has 1 heterocycles. The van der Waals surface area contributed by atoms with Crippen molar-refractivity contribution >= 4 is 11.9 Å². The van der Waals surface area contributed by atoms with Gasteiger partial charge in [0.05, 0.1) is 7.11 Å². The summed E-state index contributed by atoms with van der Waals surface area (Å²) in [6.07, 6.45) is 0.682. The molecule has 1 amide bonds. The molecule has 4 heteroatoms. The van der Waals surface area contributed by atoms with E-state index in [0.29, 0.717) is 13.1 Å². The minimum absolute atomic E-state index is 0.161. The van der Waals surface area contributed by atoms with Gasteiger partial charge in [-0.05, 0) is 17.5 Å². The Morgan fingerprint density at radius 3 is 2.71 bits per heavy atom. The lowest BCUT2D eigenvalue weighted by atomic mass is 10.00. The van der Waals surface area contributed by atoms with Crippen molar-refractivity contribution in [2.75, 3.05) is 13.7 Å². The van der Waals surface area contributed by atoms with Crippen LogP contribution >= 0.6 is 0 Å². The van der Waals surface area contributed by atoms with Crippen LogP contribution in [0.2, 0.25) is 0 Å². The fraction of sp³-hybridized carbons (Fsp3) is 0.385. The van der Waals surface area contributed by atoms with Crippen LogP contribution in [0.15, 0.2) is 24.3 Å². The first-order valence-electron chi connectivity index (χ1n) is 5.62. The zero-order chi connectivity index (χ0) is 12.3. The van der Waals surface area contributed by atoms with E-state index < -0.39 is 5.97 Å². The number of nitrogens with zero attached hydrogens (tertiary/aromatic N) is 1. The molecule has 1 aliphatic rings. The van der Waals surface area contributed by atoms with E-state index in [1.54, 1.807) is 4.90 Å². The fourth-order valence-electron chi connectivity index (χ4n) is 2.02. The molecule has 4 nitrogen and oxygen atoms in total. The molecule has 0 fully saturated rings. The molecule has 0 saturated heterocycles. The van der Waals surface area contributed by atoms with E-state index in [9.17, 15) is 9.59 Å². The maximum Gasteiger partial charge on any atom is 0.315 e. The molecule has 0 bridgehead atoms. The molecule has 1 aromatic rings. The van der Waals surface area contributed by atoms with E-state index in [-0.39, 0.29) is 12.3 Å². The van der Waals surface area contributed by atoms with Gasteiger partial charge in [0.15, 0.2) is 0 Å². The van der Waals surface area contributed by atoms with Crippen LogP contribution in [0.3, 0.4) is 0 Å². The second kappa shape index (κ2) is 4.99. The number of rotatable bonds is 2. The van der Waals surface area contributed by atoms with Crippen molar-refractivity contribution in [2.45, 2.75) is 19.4 Å². The van der Waals surface area contributed by atoms with Gasteiger partial charge in [0.1, 0.15) is 6.42 Å². The summed E-state index contributed by atoms with van der Waals surface area (Å²) in [4.78, 5) is 24.6. The highest BCUT2D eigenvalue weighted by Gasteiger charge is 2.22. The van der Waals surface area contributed by atoms with Crippen LogP contribution in [0.1, 0.15) is 17.5 Å². The number of methoxy groups -OCH3 is 1. The zero-order valence-electron chi connectivity index (χ0n) is 9.81. The van der Waals surface area contributed by atoms with E-state index in [2.05, 4.69) is 10.8 Å². The predicted molar refractivity (Wildman–Crippen MR) is 62.2 cm³/mol. The molecule has 17 heavy (non-hydrogen) atoms. The molecule has 0 unspecified atom stereocenters. The molecular formula is C13H15NO3. The number of amides is 1. The standard InChI is InChI=1S/C13H15NO3/c1-17-13(16)8-12(15)14-7-6-10-4-2-3-5-11(10)9-14/h2-5H,6-9H2,1H3. The van der Waals surface area contributed by atoms with Crippen molar-refractivity contribution in [2.24, 2.45) is 0 Å². The second-order valence-electron chi connectivity index (χ2n) is 4.09. The van der Waals surface area contributed by atoms with Gasteiger partial charge in [0.2, 0.25) is 5.91 Å². The molecular weight excluding hydrogens is 218 g/mol. The SMILES string of the molecule is COC(=O)CC(=O)N1CCc2ccccc2C1. The lowest BCUT2D eigenvalue weighted by Gasteiger charge is -2.28. The Bertz CT molecular complexity index is 442. The van der Waals surface area contributed by atoms with Gasteiger partial charge in [-0.15, -0.1) is 0 Å². The highest BCUT2D eigenvalue weighted by molar-refractivity contribution is 5.94. The molecule has 1 aliphatic heterocycles. The lowest BCUT2D eigenvalue weighted by Crippen LogP contribution is -2.37. The minimum atomic E-state index is -0.478. The Morgan fingerprint density at radius 1 is 1.29 bits per heavy atom. The number of benzene rings is 1. The number of hydrogen-bond donors (Lipinski definition) is 0. The van der Waals surface area contributed by atoms with Crippen molar-refractivity contribution in [1.29, 1.82) is 0 Å². The summed E-state index contributed by atoms with van der Waals surface area (Å²) in [6.45, 7) is 1.26. The minimum Gasteiger partial charge on any atom is -0.469 e. The average molecular weight is 233 g/mol. The van der Waals surface area contributed by atoms with Gasteiger partial charge in [0, 0.05) is 13.1 Å². The maximum atomic E-state index is 11.8. The largest absolute Gasteiger partial charge is 0.469 e. The molecule has 0 aliphatic carbocycles. The number of esters is 1. The highest BCUT2D eigenvalue weighted by Crippen LogP contribution is 2.18. The van der Waals surface area contributed by atoms with Crippen LogP contribution in [0.4, 0.5) is 0 Å². The Kier molecular flexibility index (Phi) is 3.42.